The van der Waals surface area contributed by atoms with Gasteiger partial charge in [-0.15, -0.1) is 0 Å². The van der Waals surface area contributed by atoms with Crippen LogP contribution in [-0.4, -0.2) is 34.3 Å². The largest absolute Gasteiger partial charge is 0.484 e. The van der Waals surface area contributed by atoms with E-state index < -0.39 is 0 Å². The summed E-state index contributed by atoms with van der Waals surface area (Å²) in [6.45, 7) is 4.36. The fourth-order valence-electron chi connectivity index (χ4n) is 2.72. The highest BCUT2D eigenvalue weighted by atomic mass is 32.2. The lowest BCUT2D eigenvalue weighted by atomic mass is 10.0. The number of hydrogen-bond donors (Lipinski definition) is 1. The molecule has 1 heterocycles. The van der Waals surface area contributed by atoms with Crippen molar-refractivity contribution in [2.24, 2.45) is 0 Å². The summed E-state index contributed by atoms with van der Waals surface area (Å²) in [5.74, 6) is 0.817. The third kappa shape index (κ3) is 5.13. The molecule has 2 aromatic carbocycles. The van der Waals surface area contributed by atoms with Crippen LogP contribution in [0.4, 0.5) is 10.5 Å². The van der Waals surface area contributed by atoms with Crippen molar-refractivity contribution < 1.29 is 19.1 Å². The van der Waals surface area contributed by atoms with Gasteiger partial charge < -0.3 is 10.1 Å². The number of thioether (sulfide) groups is 1. The SMILES string of the molecule is CC(C)c1cccc(OCC(=O)Nc2ccc(CN3C(=O)CSC3=O)cc2)c1. The Morgan fingerprint density at radius 3 is 2.57 bits per heavy atom. The summed E-state index contributed by atoms with van der Waals surface area (Å²) >= 11 is 1.02. The summed E-state index contributed by atoms with van der Waals surface area (Å²) in [5.41, 5.74) is 2.60. The fraction of sp³-hybridized carbons (Fsp3) is 0.286. The molecule has 1 N–H and O–H groups in total. The van der Waals surface area contributed by atoms with Crippen LogP contribution in [0.25, 0.3) is 0 Å². The van der Waals surface area contributed by atoms with Gasteiger partial charge in [0.2, 0.25) is 5.91 Å². The van der Waals surface area contributed by atoms with Crippen molar-refractivity contribution >= 4 is 34.5 Å². The number of nitrogens with zero attached hydrogens (tertiary/aromatic N) is 1. The second-order valence-corrected chi connectivity index (χ2v) is 7.72. The number of imide groups is 1. The summed E-state index contributed by atoms with van der Waals surface area (Å²) in [6, 6.07) is 14.8. The quantitative estimate of drug-likeness (QED) is 0.762. The van der Waals surface area contributed by atoms with E-state index in [1.807, 2.05) is 24.3 Å². The number of nitrogens with one attached hydrogen (secondary N) is 1. The summed E-state index contributed by atoms with van der Waals surface area (Å²) in [5, 5.41) is 2.55. The summed E-state index contributed by atoms with van der Waals surface area (Å²) < 4.78 is 5.57. The van der Waals surface area contributed by atoms with Gasteiger partial charge in [0.05, 0.1) is 12.3 Å². The molecule has 3 amide bonds. The Labute approximate surface area is 168 Å². The number of rotatable bonds is 7. The highest BCUT2D eigenvalue weighted by molar-refractivity contribution is 8.14. The van der Waals surface area contributed by atoms with E-state index in [-0.39, 0.29) is 36.0 Å². The summed E-state index contributed by atoms with van der Waals surface area (Å²) in [4.78, 5) is 36.7. The Kier molecular flexibility index (Phi) is 6.36. The molecular formula is C21H22N2O4S. The molecule has 0 bridgehead atoms. The van der Waals surface area contributed by atoms with Crippen LogP contribution in [0.2, 0.25) is 0 Å². The van der Waals surface area contributed by atoms with Gasteiger partial charge in [0.15, 0.2) is 6.61 Å². The zero-order valence-electron chi connectivity index (χ0n) is 15.8. The van der Waals surface area contributed by atoms with Crippen LogP contribution in [0.3, 0.4) is 0 Å². The molecule has 7 heteroatoms. The van der Waals surface area contributed by atoms with Crippen molar-refractivity contribution in [1.82, 2.24) is 4.90 Å². The topological polar surface area (TPSA) is 75.7 Å². The smallest absolute Gasteiger partial charge is 0.289 e. The van der Waals surface area contributed by atoms with E-state index >= 15 is 0 Å². The lowest BCUT2D eigenvalue weighted by Crippen LogP contribution is -2.27. The van der Waals surface area contributed by atoms with Gasteiger partial charge in [-0.3, -0.25) is 19.3 Å². The minimum absolute atomic E-state index is 0.0860. The molecule has 1 aliphatic heterocycles. The molecule has 0 aromatic heterocycles. The number of benzene rings is 2. The summed E-state index contributed by atoms with van der Waals surface area (Å²) in [6.07, 6.45) is 0. The fourth-order valence-corrected chi connectivity index (χ4v) is 3.44. The van der Waals surface area contributed by atoms with E-state index in [0.717, 1.165) is 22.9 Å². The molecule has 0 radical (unpaired) electrons. The lowest BCUT2D eigenvalue weighted by Gasteiger charge is -2.13. The van der Waals surface area contributed by atoms with Gasteiger partial charge in [-0.2, -0.15) is 0 Å². The maximum absolute atomic E-state index is 12.1. The van der Waals surface area contributed by atoms with Crippen molar-refractivity contribution in [3.63, 3.8) is 0 Å². The molecule has 0 unspecified atom stereocenters. The number of hydrogen-bond acceptors (Lipinski definition) is 5. The molecule has 6 nitrogen and oxygen atoms in total. The molecule has 28 heavy (non-hydrogen) atoms. The molecule has 0 saturated carbocycles. The van der Waals surface area contributed by atoms with Gasteiger partial charge in [-0.05, 0) is 41.3 Å². The predicted octanol–water partition coefficient (Wildman–Crippen LogP) is 4.02. The first kappa shape index (κ1) is 19.9. The first-order chi connectivity index (χ1) is 13.4. The number of amides is 3. The van der Waals surface area contributed by atoms with Crippen LogP contribution < -0.4 is 10.1 Å². The molecular weight excluding hydrogens is 376 g/mol. The Bertz CT molecular complexity index is 864. The van der Waals surface area contributed by atoms with E-state index in [4.69, 9.17) is 4.74 Å². The Hall–Kier alpha value is -2.80. The molecule has 2 aromatic rings. The lowest BCUT2D eigenvalue weighted by molar-refractivity contribution is -0.125. The minimum atomic E-state index is -0.260. The average molecular weight is 398 g/mol. The number of ether oxygens (including phenoxy) is 1. The highest BCUT2D eigenvalue weighted by Gasteiger charge is 2.29. The van der Waals surface area contributed by atoms with Gasteiger partial charge in [0, 0.05) is 5.69 Å². The molecule has 146 valence electrons. The maximum atomic E-state index is 12.1. The zero-order valence-corrected chi connectivity index (χ0v) is 16.6. The van der Waals surface area contributed by atoms with E-state index in [0.29, 0.717) is 17.4 Å². The number of carbonyl (C=O) groups excluding carboxylic acids is 3. The van der Waals surface area contributed by atoms with Gasteiger partial charge >= 0.3 is 0 Å². The van der Waals surface area contributed by atoms with Crippen molar-refractivity contribution in [3.05, 3.63) is 59.7 Å². The first-order valence-corrected chi connectivity index (χ1v) is 9.99. The monoisotopic (exact) mass is 398 g/mol. The number of anilines is 1. The molecule has 1 fully saturated rings. The van der Waals surface area contributed by atoms with Crippen molar-refractivity contribution in [3.8, 4) is 5.75 Å². The minimum Gasteiger partial charge on any atom is -0.484 e. The second kappa shape index (κ2) is 8.93. The Balaban J connectivity index is 1.51. The first-order valence-electron chi connectivity index (χ1n) is 9.01. The van der Waals surface area contributed by atoms with Crippen LogP contribution in [0.5, 0.6) is 5.75 Å². The van der Waals surface area contributed by atoms with Gasteiger partial charge in [-0.25, -0.2) is 0 Å². The molecule has 3 rings (SSSR count). The molecule has 0 aliphatic carbocycles. The standard InChI is InChI=1S/C21H22N2O4S/c1-14(2)16-4-3-5-18(10-16)27-12-19(24)22-17-8-6-15(7-9-17)11-23-20(25)13-28-21(23)26/h3-10,14H,11-13H2,1-2H3,(H,22,24). The van der Waals surface area contributed by atoms with E-state index in [1.165, 1.54) is 4.90 Å². The number of carbonyl (C=O) groups is 3. The average Bonchev–Trinajstić information content (AvgIpc) is 3.00. The zero-order chi connectivity index (χ0) is 20.1. The van der Waals surface area contributed by atoms with Crippen LogP contribution in [0.15, 0.2) is 48.5 Å². The molecule has 1 saturated heterocycles. The van der Waals surface area contributed by atoms with Crippen molar-refractivity contribution in [1.29, 1.82) is 0 Å². The van der Waals surface area contributed by atoms with E-state index in [2.05, 4.69) is 19.2 Å². The van der Waals surface area contributed by atoms with Crippen LogP contribution in [-0.2, 0) is 16.1 Å². The Morgan fingerprint density at radius 1 is 1.18 bits per heavy atom. The van der Waals surface area contributed by atoms with Gasteiger partial charge in [-0.1, -0.05) is 49.9 Å². The summed E-state index contributed by atoms with van der Waals surface area (Å²) in [7, 11) is 0. The van der Waals surface area contributed by atoms with Gasteiger partial charge in [0.25, 0.3) is 11.1 Å². The van der Waals surface area contributed by atoms with Crippen LogP contribution in [0, 0.1) is 0 Å². The predicted molar refractivity (Wildman–Crippen MR) is 110 cm³/mol. The molecule has 1 aliphatic rings. The van der Waals surface area contributed by atoms with Crippen LogP contribution >= 0.6 is 11.8 Å². The molecule has 0 spiro atoms. The third-order valence-electron chi connectivity index (χ3n) is 4.31. The maximum Gasteiger partial charge on any atom is 0.289 e. The highest BCUT2D eigenvalue weighted by Crippen LogP contribution is 2.22. The van der Waals surface area contributed by atoms with E-state index in [9.17, 15) is 14.4 Å². The van der Waals surface area contributed by atoms with Crippen LogP contribution in [0.1, 0.15) is 30.9 Å². The second-order valence-electron chi connectivity index (χ2n) is 6.80. The normalized spacial score (nSPS) is 13.9. The Morgan fingerprint density at radius 2 is 1.93 bits per heavy atom. The van der Waals surface area contributed by atoms with Gasteiger partial charge in [0.1, 0.15) is 5.75 Å². The van der Waals surface area contributed by atoms with Crippen molar-refractivity contribution in [2.75, 3.05) is 17.7 Å². The third-order valence-corrected chi connectivity index (χ3v) is 5.17. The van der Waals surface area contributed by atoms with Crippen molar-refractivity contribution in [2.45, 2.75) is 26.3 Å². The molecule has 0 atom stereocenters. The van der Waals surface area contributed by atoms with E-state index in [1.54, 1.807) is 24.3 Å².